The Labute approximate surface area is 72.6 Å². The summed E-state index contributed by atoms with van der Waals surface area (Å²) in [5.74, 6) is 0.289. The van der Waals surface area contributed by atoms with E-state index in [2.05, 4.69) is 0 Å². The fraction of sp³-hybridized carbons (Fsp3) is 0.875. The molecule has 2 N–H and O–H groups in total. The van der Waals surface area contributed by atoms with Crippen LogP contribution in [0.25, 0.3) is 0 Å². The highest BCUT2D eigenvalue weighted by atomic mass is 16.5. The van der Waals surface area contributed by atoms with Crippen LogP contribution in [0.3, 0.4) is 0 Å². The first-order valence-corrected chi connectivity index (χ1v) is 4.22. The lowest BCUT2D eigenvalue weighted by Gasteiger charge is -2.36. The molecule has 4 nitrogen and oxygen atoms in total. The highest BCUT2D eigenvalue weighted by molar-refractivity contribution is 5.80. The molecule has 12 heavy (non-hydrogen) atoms. The van der Waals surface area contributed by atoms with Gasteiger partial charge in [-0.3, -0.25) is 5.41 Å². The normalized spacial score (nSPS) is 30.4. The third-order valence-corrected chi connectivity index (χ3v) is 1.95. The summed E-state index contributed by atoms with van der Waals surface area (Å²) in [6.45, 7) is 5.20. The third-order valence-electron chi connectivity index (χ3n) is 1.95. The zero-order valence-electron chi connectivity index (χ0n) is 7.58. The van der Waals surface area contributed by atoms with Gasteiger partial charge >= 0.3 is 0 Å². The quantitative estimate of drug-likeness (QED) is 0.434. The Morgan fingerprint density at radius 3 is 2.42 bits per heavy atom. The Bertz CT molecular complexity index is 162. The van der Waals surface area contributed by atoms with Crippen LogP contribution in [0, 0.1) is 5.41 Å². The molecule has 1 saturated heterocycles. The van der Waals surface area contributed by atoms with E-state index in [1.54, 1.807) is 0 Å². The van der Waals surface area contributed by atoms with E-state index in [0.717, 1.165) is 0 Å². The van der Waals surface area contributed by atoms with Crippen molar-refractivity contribution < 1.29 is 9.84 Å². The second-order valence-corrected chi connectivity index (χ2v) is 3.27. The second kappa shape index (κ2) is 3.87. The molecule has 1 aliphatic rings. The maximum atomic E-state index is 8.75. The smallest absolute Gasteiger partial charge is 0.122 e. The first-order chi connectivity index (χ1) is 5.63. The standard InChI is InChI=1S/C8H16N2O2/c1-6-3-10(8(9)5-11)4-7(2)12-6/h6-7,9,11H,3-5H2,1-2H3/t6-,7-/m0/s1. The number of aliphatic hydroxyl groups is 1. The average molecular weight is 172 g/mol. The molecule has 1 heterocycles. The summed E-state index contributed by atoms with van der Waals surface area (Å²) in [6.07, 6.45) is 0.307. The van der Waals surface area contributed by atoms with E-state index in [1.165, 1.54) is 0 Å². The zero-order valence-corrected chi connectivity index (χ0v) is 7.58. The van der Waals surface area contributed by atoms with E-state index in [0.29, 0.717) is 13.1 Å². The molecule has 0 radical (unpaired) electrons. The van der Waals surface area contributed by atoms with Gasteiger partial charge in [0.05, 0.1) is 12.2 Å². The number of rotatable bonds is 1. The number of ether oxygens (including phenoxy) is 1. The van der Waals surface area contributed by atoms with Crippen molar-refractivity contribution in [2.24, 2.45) is 0 Å². The molecule has 0 aromatic heterocycles. The van der Waals surface area contributed by atoms with E-state index < -0.39 is 0 Å². The molecule has 0 unspecified atom stereocenters. The first kappa shape index (κ1) is 9.48. The fourth-order valence-electron chi connectivity index (χ4n) is 1.50. The van der Waals surface area contributed by atoms with Gasteiger partial charge in [0.25, 0.3) is 0 Å². The summed E-state index contributed by atoms with van der Waals surface area (Å²) >= 11 is 0. The molecular formula is C8H16N2O2. The Morgan fingerprint density at radius 1 is 1.50 bits per heavy atom. The zero-order chi connectivity index (χ0) is 9.14. The molecule has 0 spiro atoms. The average Bonchev–Trinajstić information content (AvgIpc) is 2.01. The molecule has 1 aliphatic heterocycles. The molecule has 1 fully saturated rings. The van der Waals surface area contributed by atoms with Crippen LogP contribution in [0.5, 0.6) is 0 Å². The minimum Gasteiger partial charge on any atom is -0.388 e. The van der Waals surface area contributed by atoms with Gasteiger partial charge in [0.15, 0.2) is 0 Å². The predicted molar refractivity (Wildman–Crippen MR) is 46.4 cm³/mol. The van der Waals surface area contributed by atoms with E-state index >= 15 is 0 Å². The van der Waals surface area contributed by atoms with Gasteiger partial charge in [-0.25, -0.2) is 0 Å². The van der Waals surface area contributed by atoms with Gasteiger partial charge < -0.3 is 14.7 Å². The van der Waals surface area contributed by atoms with Crippen molar-refractivity contribution in [3.8, 4) is 0 Å². The lowest BCUT2D eigenvalue weighted by atomic mass is 10.2. The minimum atomic E-state index is -0.181. The number of amidine groups is 1. The van der Waals surface area contributed by atoms with Crippen LogP contribution < -0.4 is 0 Å². The lowest BCUT2D eigenvalue weighted by Crippen LogP contribution is -2.48. The maximum absolute atomic E-state index is 8.75. The summed E-state index contributed by atoms with van der Waals surface area (Å²) in [4.78, 5) is 1.86. The molecule has 0 aromatic carbocycles. The van der Waals surface area contributed by atoms with Crippen molar-refractivity contribution in [1.29, 1.82) is 5.41 Å². The predicted octanol–water partition coefficient (Wildman–Crippen LogP) is 0.0652. The first-order valence-electron chi connectivity index (χ1n) is 4.22. The Morgan fingerprint density at radius 2 is 2.00 bits per heavy atom. The molecule has 1 rings (SSSR count). The van der Waals surface area contributed by atoms with Gasteiger partial charge in [-0.1, -0.05) is 0 Å². The number of nitrogens with one attached hydrogen (secondary N) is 1. The summed E-state index contributed by atoms with van der Waals surface area (Å²) in [6, 6.07) is 0. The van der Waals surface area contributed by atoms with Crippen LogP contribution in [-0.4, -0.2) is 47.7 Å². The molecule has 0 aliphatic carbocycles. The summed E-state index contributed by atoms with van der Waals surface area (Å²) in [7, 11) is 0. The van der Waals surface area contributed by atoms with Crippen LogP contribution in [0.2, 0.25) is 0 Å². The maximum Gasteiger partial charge on any atom is 0.122 e. The summed E-state index contributed by atoms with van der Waals surface area (Å²) in [5.41, 5.74) is 0. The van der Waals surface area contributed by atoms with Gasteiger partial charge in [-0.05, 0) is 13.8 Å². The van der Waals surface area contributed by atoms with Crippen LogP contribution in [-0.2, 0) is 4.74 Å². The van der Waals surface area contributed by atoms with Crippen LogP contribution >= 0.6 is 0 Å². The summed E-state index contributed by atoms with van der Waals surface area (Å²) < 4.78 is 5.49. The lowest BCUT2D eigenvalue weighted by molar-refractivity contribution is -0.0493. The number of hydrogen-bond donors (Lipinski definition) is 2. The molecule has 0 aromatic rings. The van der Waals surface area contributed by atoms with Crippen LogP contribution in [0.1, 0.15) is 13.8 Å². The molecular weight excluding hydrogens is 156 g/mol. The van der Waals surface area contributed by atoms with E-state index in [1.807, 2.05) is 18.7 Å². The Balaban J connectivity index is 2.49. The van der Waals surface area contributed by atoms with Gasteiger partial charge in [0.1, 0.15) is 12.4 Å². The molecule has 70 valence electrons. The Kier molecular flexibility index (Phi) is 3.05. The van der Waals surface area contributed by atoms with Crippen molar-refractivity contribution in [1.82, 2.24) is 4.90 Å². The van der Waals surface area contributed by atoms with Crippen molar-refractivity contribution in [3.63, 3.8) is 0 Å². The van der Waals surface area contributed by atoms with Gasteiger partial charge in [0.2, 0.25) is 0 Å². The third kappa shape index (κ3) is 2.19. The highest BCUT2D eigenvalue weighted by Crippen LogP contribution is 2.10. The molecule has 0 amide bonds. The number of aliphatic hydroxyl groups excluding tert-OH is 1. The molecule has 0 bridgehead atoms. The molecule has 4 heteroatoms. The monoisotopic (exact) mass is 172 g/mol. The highest BCUT2D eigenvalue weighted by Gasteiger charge is 2.23. The summed E-state index contributed by atoms with van der Waals surface area (Å²) in [5, 5.41) is 16.2. The molecule has 0 saturated carbocycles. The van der Waals surface area contributed by atoms with Crippen LogP contribution in [0.15, 0.2) is 0 Å². The van der Waals surface area contributed by atoms with Gasteiger partial charge in [0, 0.05) is 13.1 Å². The number of nitrogens with zero attached hydrogens (tertiary/aromatic N) is 1. The number of morpholine rings is 1. The van der Waals surface area contributed by atoms with Gasteiger partial charge in [-0.15, -0.1) is 0 Å². The SMILES string of the molecule is C[C@H]1CN(C(=N)CO)C[C@H](C)O1. The number of hydrogen-bond acceptors (Lipinski definition) is 3. The van der Waals surface area contributed by atoms with Gasteiger partial charge in [-0.2, -0.15) is 0 Å². The molecule has 2 atom stereocenters. The van der Waals surface area contributed by atoms with E-state index in [4.69, 9.17) is 15.3 Å². The van der Waals surface area contributed by atoms with E-state index in [-0.39, 0.29) is 24.7 Å². The van der Waals surface area contributed by atoms with Crippen molar-refractivity contribution in [2.75, 3.05) is 19.7 Å². The Hall–Kier alpha value is -0.610. The fourth-order valence-corrected chi connectivity index (χ4v) is 1.50. The van der Waals surface area contributed by atoms with E-state index in [9.17, 15) is 0 Å². The second-order valence-electron chi connectivity index (χ2n) is 3.27. The largest absolute Gasteiger partial charge is 0.388 e. The van der Waals surface area contributed by atoms with Crippen molar-refractivity contribution in [3.05, 3.63) is 0 Å². The minimum absolute atomic E-state index is 0.153. The van der Waals surface area contributed by atoms with Crippen molar-refractivity contribution >= 4 is 5.84 Å². The topological polar surface area (TPSA) is 56.6 Å². The van der Waals surface area contributed by atoms with Crippen LogP contribution in [0.4, 0.5) is 0 Å². The van der Waals surface area contributed by atoms with Crippen molar-refractivity contribution in [2.45, 2.75) is 26.1 Å².